The number of benzene rings is 1. The van der Waals surface area contributed by atoms with Crippen LogP contribution in [0.4, 0.5) is 18.0 Å². The Kier molecular flexibility index (Phi) is 9.91. The summed E-state index contributed by atoms with van der Waals surface area (Å²) in [7, 11) is -3.59. The Hall–Kier alpha value is -2.67. The van der Waals surface area contributed by atoms with E-state index < -0.39 is 47.3 Å². The molecule has 0 unspecified atom stereocenters. The Bertz CT molecular complexity index is 869. The number of carbonyl (C=O) groups excluding carboxylic acids is 3. The van der Waals surface area contributed by atoms with E-state index in [0.29, 0.717) is 18.7 Å². The van der Waals surface area contributed by atoms with Crippen molar-refractivity contribution in [1.82, 2.24) is 14.9 Å². The van der Waals surface area contributed by atoms with Crippen LogP contribution in [0, 0.1) is 0 Å². The molecular weight excluding hydrogens is 443 g/mol. The summed E-state index contributed by atoms with van der Waals surface area (Å²) in [6, 6.07) is 4.61. The molecule has 0 spiro atoms. The minimum atomic E-state index is -4.62. The summed E-state index contributed by atoms with van der Waals surface area (Å²) in [6.07, 6.45) is -4.55. The first-order valence-electron chi connectivity index (χ1n) is 9.28. The highest BCUT2D eigenvalue weighted by molar-refractivity contribution is 7.89. The van der Waals surface area contributed by atoms with Gasteiger partial charge in [-0.2, -0.15) is 17.5 Å². The summed E-state index contributed by atoms with van der Waals surface area (Å²) >= 11 is 0. The van der Waals surface area contributed by atoms with Crippen LogP contribution in [0.3, 0.4) is 0 Å². The molecule has 13 heteroatoms. The molecule has 0 radical (unpaired) electrons. The number of nitrogens with one attached hydrogen (secondary N) is 2. The van der Waals surface area contributed by atoms with E-state index in [4.69, 9.17) is 0 Å². The second-order valence-electron chi connectivity index (χ2n) is 6.24. The molecule has 0 aliphatic heterocycles. The van der Waals surface area contributed by atoms with Crippen LogP contribution in [-0.4, -0.2) is 63.0 Å². The van der Waals surface area contributed by atoms with Crippen LogP contribution in [0.15, 0.2) is 29.2 Å². The van der Waals surface area contributed by atoms with Crippen molar-refractivity contribution in [2.45, 2.75) is 37.8 Å². The van der Waals surface area contributed by atoms with Crippen molar-refractivity contribution in [2.75, 3.05) is 26.2 Å². The van der Waals surface area contributed by atoms with Crippen LogP contribution in [-0.2, 0) is 30.8 Å². The lowest BCUT2D eigenvalue weighted by Gasteiger charge is -2.18. The lowest BCUT2D eigenvalue weighted by atomic mass is 10.1. The summed E-state index contributed by atoms with van der Waals surface area (Å²) in [5.74, 6) is -1.86. The number of ether oxygens (including phenoxy) is 1. The number of halogens is 3. The van der Waals surface area contributed by atoms with Gasteiger partial charge in [0.15, 0.2) is 6.61 Å². The normalized spacial score (nSPS) is 11.8. The second-order valence-corrected chi connectivity index (χ2v) is 8.18. The molecule has 0 aliphatic carbocycles. The Morgan fingerprint density at radius 2 is 1.65 bits per heavy atom. The molecule has 0 heterocycles. The summed E-state index contributed by atoms with van der Waals surface area (Å²) in [5, 5.41) is 3.03. The molecule has 0 saturated carbocycles. The first-order chi connectivity index (χ1) is 14.4. The third-order valence-corrected chi connectivity index (χ3v) is 6.02. The van der Waals surface area contributed by atoms with E-state index in [1.54, 1.807) is 31.3 Å². The number of nitrogens with zero attached hydrogens (tertiary/aromatic N) is 1. The van der Waals surface area contributed by atoms with Gasteiger partial charge in [-0.25, -0.2) is 13.2 Å². The molecule has 2 N–H and O–H groups in total. The molecule has 0 atom stereocenters. The number of alkyl halides is 3. The molecule has 1 aromatic carbocycles. The van der Waals surface area contributed by atoms with Crippen molar-refractivity contribution in [2.24, 2.45) is 0 Å². The third kappa shape index (κ3) is 9.34. The average Bonchev–Trinajstić information content (AvgIpc) is 2.69. The lowest BCUT2D eigenvalue weighted by Crippen LogP contribution is -2.44. The van der Waals surface area contributed by atoms with Gasteiger partial charge in [0.25, 0.3) is 5.91 Å². The van der Waals surface area contributed by atoms with Gasteiger partial charge in [-0.3, -0.25) is 14.9 Å². The molecule has 0 bridgehead atoms. The smallest absolute Gasteiger partial charge is 0.405 e. The van der Waals surface area contributed by atoms with Crippen LogP contribution in [0.25, 0.3) is 0 Å². The number of aryl methyl sites for hydroxylation is 1. The van der Waals surface area contributed by atoms with E-state index in [1.807, 2.05) is 0 Å². The fourth-order valence-electron chi connectivity index (χ4n) is 2.39. The Balaban J connectivity index is 2.44. The number of amides is 3. The standard InChI is InChI=1S/C18H24F3N3O6S/c1-3-24(4-2)31(28,29)14-8-5-13(6-9-14)7-10-16(26)30-11-15(25)23-17(27)22-12-18(19,20)21/h5-6,8-9H,3-4,7,10-12H2,1-2H3,(H2,22,23,25,27). The van der Waals surface area contributed by atoms with Crippen molar-refractivity contribution in [1.29, 1.82) is 0 Å². The zero-order valence-electron chi connectivity index (χ0n) is 17.0. The predicted octanol–water partition coefficient (Wildman–Crippen LogP) is 1.58. The third-order valence-electron chi connectivity index (χ3n) is 3.95. The van der Waals surface area contributed by atoms with Gasteiger partial charge in [0, 0.05) is 19.5 Å². The molecule has 9 nitrogen and oxygen atoms in total. The minimum Gasteiger partial charge on any atom is -0.456 e. The Morgan fingerprint density at radius 1 is 1.06 bits per heavy atom. The predicted molar refractivity (Wildman–Crippen MR) is 103 cm³/mol. The van der Waals surface area contributed by atoms with E-state index in [-0.39, 0.29) is 17.7 Å². The van der Waals surface area contributed by atoms with Gasteiger partial charge in [0.1, 0.15) is 6.54 Å². The number of imide groups is 1. The first-order valence-corrected chi connectivity index (χ1v) is 10.7. The molecule has 0 fully saturated rings. The number of urea groups is 1. The van der Waals surface area contributed by atoms with Gasteiger partial charge in [0.2, 0.25) is 10.0 Å². The monoisotopic (exact) mass is 467 g/mol. The largest absolute Gasteiger partial charge is 0.456 e. The molecule has 174 valence electrons. The molecular formula is C18H24F3N3O6S. The molecule has 0 saturated heterocycles. The van der Waals surface area contributed by atoms with E-state index in [2.05, 4.69) is 4.74 Å². The molecule has 1 aromatic rings. The van der Waals surface area contributed by atoms with E-state index in [9.17, 15) is 36.0 Å². The first kappa shape index (κ1) is 26.4. The zero-order valence-corrected chi connectivity index (χ0v) is 17.8. The summed E-state index contributed by atoms with van der Waals surface area (Å²) in [4.78, 5) is 34.3. The van der Waals surface area contributed by atoms with Crippen LogP contribution < -0.4 is 10.6 Å². The van der Waals surface area contributed by atoms with E-state index in [1.165, 1.54) is 21.8 Å². The van der Waals surface area contributed by atoms with Crippen molar-refractivity contribution >= 4 is 27.9 Å². The van der Waals surface area contributed by atoms with Crippen molar-refractivity contribution in [3.8, 4) is 0 Å². The second kappa shape index (κ2) is 11.6. The number of hydrogen-bond donors (Lipinski definition) is 2. The van der Waals surface area contributed by atoms with E-state index >= 15 is 0 Å². The molecule has 31 heavy (non-hydrogen) atoms. The Morgan fingerprint density at radius 3 is 2.16 bits per heavy atom. The summed E-state index contributed by atoms with van der Waals surface area (Å²) < 4.78 is 66.7. The molecule has 1 rings (SSSR count). The SMILES string of the molecule is CCN(CC)S(=O)(=O)c1ccc(CCC(=O)OCC(=O)NC(=O)NCC(F)(F)F)cc1. The highest BCUT2D eigenvalue weighted by Gasteiger charge is 2.28. The van der Waals surface area contributed by atoms with Crippen molar-refractivity contribution in [3.63, 3.8) is 0 Å². The lowest BCUT2D eigenvalue weighted by molar-refractivity contribution is -0.148. The molecule has 0 aromatic heterocycles. The van der Waals surface area contributed by atoms with Gasteiger partial charge in [-0.1, -0.05) is 26.0 Å². The van der Waals surface area contributed by atoms with Crippen LogP contribution in [0.1, 0.15) is 25.8 Å². The van der Waals surface area contributed by atoms with Crippen molar-refractivity contribution in [3.05, 3.63) is 29.8 Å². The number of carbonyl (C=O) groups is 3. The van der Waals surface area contributed by atoms with E-state index in [0.717, 1.165) is 0 Å². The maximum atomic E-state index is 12.4. The molecule has 0 aliphatic rings. The fourth-order valence-corrected chi connectivity index (χ4v) is 3.85. The topological polar surface area (TPSA) is 122 Å². The van der Waals surface area contributed by atoms with Crippen LogP contribution in [0.2, 0.25) is 0 Å². The number of esters is 1. The zero-order chi connectivity index (χ0) is 23.7. The highest BCUT2D eigenvalue weighted by atomic mass is 32.2. The highest BCUT2D eigenvalue weighted by Crippen LogP contribution is 2.17. The van der Waals surface area contributed by atoms with Crippen LogP contribution >= 0.6 is 0 Å². The fraction of sp³-hybridized carbons (Fsp3) is 0.500. The molecule has 3 amide bonds. The summed E-state index contributed by atoms with van der Waals surface area (Å²) in [6.45, 7) is 1.70. The van der Waals surface area contributed by atoms with Gasteiger partial charge in [-0.15, -0.1) is 0 Å². The Labute approximate surface area is 178 Å². The van der Waals surface area contributed by atoms with Crippen molar-refractivity contribution < 1.29 is 40.7 Å². The number of hydrogen-bond acceptors (Lipinski definition) is 6. The minimum absolute atomic E-state index is 0.128. The van der Waals surface area contributed by atoms with Crippen LogP contribution in [0.5, 0.6) is 0 Å². The number of rotatable bonds is 10. The van der Waals surface area contributed by atoms with Gasteiger partial charge < -0.3 is 10.1 Å². The summed E-state index contributed by atoms with van der Waals surface area (Å²) in [5.41, 5.74) is 0.659. The van der Waals surface area contributed by atoms with Gasteiger partial charge in [0.05, 0.1) is 4.90 Å². The quantitative estimate of drug-likeness (QED) is 0.504. The maximum Gasteiger partial charge on any atom is 0.405 e. The maximum absolute atomic E-state index is 12.4. The van der Waals surface area contributed by atoms with Gasteiger partial charge >= 0.3 is 18.2 Å². The number of sulfonamides is 1. The average molecular weight is 467 g/mol. The van der Waals surface area contributed by atoms with Gasteiger partial charge in [-0.05, 0) is 24.1 Å².